The van der Waals surface area contributed by atoms with Gasteiger partial charge in [0.2, 0.25) is 5.91 Å². The molecule has 0 atom stereocenters. The zero-order valence-electron chi connectivity index (χ0n) is 22.9. The van der Waals surface area contributed by atoms with Crippen molar-refractivity contribution in [1.82, 2.24) is 0 Å². The number of hydrogen-bond acceptors (Lipinski definition) is 5. The third kappa shape index (κ3) is 6.94. The van der Waals surface area contributed by atoms with E-state index in [0.717, 1.165) is 65.7 Å². The minimum atomic E-state index is -0.439. The largest absolute Gasteiger partial charge is 0.466 e. The summed E-state index contributed by atoms with van der Waals surface area (Å²) in [4.78, 5) is 29.3. The average molecular weight is 522 g/mol. The van der Waals surface area contributed by atoms with Crippen molar-refractivity contribution >= 4 is 29.3 Å². The number of rotatable bonds is 8. The quantitative estimate of drug-likeness (QED) is 0.247. The fraction of sp³-hybridized carbons (Fsp3) is 0.303. The molecular formula is C33H35N3O3. The zero-order chi connectivity index (χ0) is 27.8. The van der Waals surface area contributed by atoms with Crippen molar-refractivity contribution in [2.75, 3.05) is 31.0 Å². The molecule has 4 rings (SSSR count). The molecule has 39 heavy (non-hydrogen) atoms. The number of methoxy groups -OCH3 is 1. The second-order valence-electron chi connectivity index (χ2n) is 10.1. The predicted octanol–water partition coefficient (Wildman–Crippen LogP) is 6.59. The molecule has 0 bridgehead atoms. The summed E-state index contributed by atoms with van der Waals surface area (Å²) in [6, 6.07) is 24.0. The van der Waals surface area contributed by atoms with Crippen LogP contribution in [0.25, 0.3) is 17.2 Å². The van der Waals surface area contributed by atoms with Crippen LogP contribution in [0.3, 0.4) is 0 Å². The van der Waals surface area contributed by atoms with Gasteiger partial charge in [0.25, 0.3) is 0 Å². The second-order valence-corrected chi connectivity index (χ2v) is 10.1. The van der Waals surface area contributed by atoms with E-state index < -0.39 is 5.97 Å². The van der Waals surface area contributed by atoms with E-state index in [1.165, 1.54) is 13.2 Å². The Morgan fingerprint density at radius 3 is 2.33 bits per heavy atom. The Morgan fingerprint density at radius 1 is 0.949 bits per heavy atom. The highest BCUT2D eigenvalue weighted by molar-refractivity contribution is 5.95. The summed E-state index contributed by atoms with van der Waals surface area (Å²) < 4.78 is 4.71. The number of nitrogens with zero attached hydrogens (tertiary/aromatic N) is 3. The lowest BCUT2D eigenvalue weighted by Crippen LogP contribution is -2.37. The number of carbonyl (C=O) groups excluding carboxylic acids is 2. The van der Waals surface area contributed by atoms with E-state index in [0.29, 0.717) is 12.1 Å². The lowest BCUT2D eigenvalue weighted by molar-refractivity contribution is -0.134. The Morgan fingerprint density at radius 2 is 1.67 bits per heavy atom. The summed E-state index contributed by atoms with van der Waals surface area (Å²) in [6.07, 6.45) is 8.06. The van der Waals surface area contributed by atoms with Gasteiger partial charge in [-0.2, -0.15) is 5.26 Å². The molecule has 3 aromatic carbocycles. The highest BCUT2D eigenvalue weighted by atomic mass is 16.5. The number of esters is 1. The van der Waals surface area contributed by atoms with Crippen molar-refractivity contribution in [3.8, 4) is 17.2 Å². The number of anilines is 2. The van der Waals surface area contributed by atoms with Gasteiger partial charge in [-0.15, -0.1) is 0 Å². The summed E-state index contributed by atoms with van der Waals surface area (Å²) in [5.41, 5.74) is 5.97. The van der Waals surface area contributed by atoms with Gasteiger partial charge in [-0.05, 0) is 71.5 Å². The molecule has 0 radical (unpaired) electrons. The van der Waals surface area contributed by atoms with E-state index in [4.69, 9.17) is 4.74 Å². The van der Waals surface area contributed by atoms with E-state index in [1.807, 2.05) is 61.5 Å². The monoisotopic (exact) mass is 521 g/mol. The average Bonchev–Trinajstić information content (AvgIpc) is 2.98. The van der Waals surface area contributed by atoms with E-state index in [1.54, 1.807) is 11.0 Å². The van der Waals surface area contributed by atoms with Crippen molar-refractivity contribution in [2.24, 2.45) is 5.92 Å². The minimum absolute atomic E-state index is 0.0342. The number of nitriles is 1. The molecule has 0 saturated heterocycles. The third-order valence-electron chi connectivity index (χ3n) is 7.29. The lowest BCUT2D eigenvalue weighted by Gasteiger charge is -2.30. The Labute approximate surface area is 231 Å². The number of benzene rings is 3. The van der Waals surface area contributed by atoms with Crippen LogP contribution >= 0.6 is 0 Å². The van der Waals surface area contributed by atoms with Crippen LogP contribution in [0.1, 0.15) is 48.8 Å². The standard InChI is InChI=1S/C33H35N3O3/c1-35(2)30-17-15-25(16-18-30)27-13-14-28(29(21-27)22-34)23-36(33(38)26-9-5-4-6-10-26)31-11-7-8-24(20-31)12-19-32(37)39-3/h7-8,11-21,26H,4-6,9-10,23H2,1-3H3/b19-12+. The minimum Gasteiger partial charge on any atom is -0.466 e. The second kappa shape index (κ2) is 12.9. The van der Waals surface area contributed by atoms with Gasteiger partial charge in [0.1, 0.15) is 0 Å². The highest BCUT2D eigenvalue weighted by Gasteiger charge is 2.28. The summed E-state index contributed by atoms with van der Waals surface area (Å²) in [6.45, 7) is 0.294. The van der Waals surface area contributed by atoms with Crippen LogP contribution in [-0.4, -0.2) is 33.1 Å². The first kappa shape index (κ1) is 27.7. The maximum Gasteiger partial charge on any atom is 0.330 e. The first-order valence-corrected chi connectivity index (χ1v) is 13.4. The Bertz CT molecular complexity index is 1380. The van der Waals surface area contributed by atoms with Gasteiger partial charge in [0, 0.05) is 37.5 Å². The number of hydrogen-bond donors (Lipinski definition) is 0. The van der Waals surface area contributed by atoms with Crippen LogP contribution in [0.5, 0.6) is 0 Å². The van der Waals surface area contributed by atoms with Crippen LogP contribution in [0.15, 0.2) is 72.8 Å². The maximum absolute atomic E-state index is 13.8. The van der Waals surface area contributed by atoms with Crippen LogP contribution in [-0.2, 0) is 20.9 Å². The van der Waals surface area contributed by atoms with Crippen molar-refractivity contribution in [3.05, 3.63) is 89.5 Å². The summed E-state index contributed by atoms with van der Waals surface area (Å²) in [5.74, 6) is -0.394. The predicted molar refractivity (Wildman–Crippen MR) is 156 cm³/mol. The van der Waals surface area contributed by atoms with Crippen LogP contribution in [0.4, 0.5) is 11.4 Å². The number of amides is 1. The van der Waals surface area contributed by atoms with Crippen LogP contribution in [0, 0.1) is 17.2 Å². The number of ether oxygens (including phenoxy) is 1. The SMILES string of the molecule is COC(=O)/C=C/c1cccc(N(Cc2ccc(-c3ccc(N(C)C)cc3)cc2C#N)C(=O)C2CCCCC2)c1. The molecular weight excluding hydrogens is 486 g/mol. The fourth-order valence-corrected chi connectivity index (χ4v) is 5.02. The molecule has 3 aromatic rings. The molecule has 0 unspecified atom stereocenters. The first-order valence-electron chi connectivity index (χ1n) is 13.4. The van der Waals surface area contributed by atoms with Crippen molar-refractivity contribution in [1.29, 1.82) is 5.26 Å². The first-order chi connectivity index (χ1) is 18.9. The highest BCUT2D eigenvalue weighted by Crippen LogP contribution is 2.31. The lowest BCUT2D eigenvalue weighted by atomic mass is 9.88. The van der Waals surface area contributed by atoms with Gasteiger partial charge in [-0.25, -0.2) is 4.79 Å². The topological polar surface area (TPSA) is 73.6 Å². The normalized spacial score (nSPS) is 13.6. The molecule has 0 heterocycles. The maximum atomic E-state index is 13.8. The fourth-order valence-electron chi connectivity index (χ4n) is 5.02. The Balaban J connectivity index is 1.67. The Kier molecular flexibility index (Phi) is 9.17. The summed E-state index contributed by atoms with van der Waals surface area (Å²) in [7, 11) is 5.34. The molecule has 200 valence electrons. The molecule has 0 aliphatic heterocycles. The van der Waals surface area contributed by atoms with Gasteiger partial charge in [0.15, 0.2) is 0 Å². The molecule has 1 saturated carbocycles. The molecule has 0 aromatic heterocycles. The number of carbonyl (C=O) groups is 2. The molecule has 0 N–H and O–H groups in total. The third-order valence-corrected chi connectivity index (χ3v) is 7.29. The molecule has 1 fully saturated rings. The summed E-state index contributed by atoms with van der Waals surface area (Å²) >= 11 is 0. The van der Waals surface area contributed by atoms with Gasteiger partial charge in [-0.1, -0.05) is 55.7 Å². The van der Waals surface area contributed by atoms with Crippen molar-refractivity contribution in [3.63, 3.8) is 0 Å². The molecule has 1 amide bonds. The smallest absolute Gasteiger partial charge is 0.330 e. The van der Waals surface area contributed by atoms with Crippen LogP contribution in [0.2, 0.25) is 0 Å². The molecule has 0 spiro atoms. The van der Waals surface area contributed by atoms with Crippen LogP contribution < -0.4 is 9.80 Å². The molecule has 6 heteroatoms. The Hall–Kier alpha value is -4.37. The molecule has 6 nitrogen and oxygen atoms in total. The van der Waals surface area contributed by atoms with E-state index in [2.05, 4.69) is 30.3 Å². The van der Waals surface area contributed by atoms with E-state index >= 15 is 0 Å². The molecule has 1 aliphatic rings. The molecule has 1 aliphatic carbocycles. The van der Waals surface area contributed by atoms with Crippen molar-refractivity contribution < 1.29 is 14.3 Å². The van der Waals surface area contributed by atoms with Gasteiger partial charge in [-0.3, -0.25) is 4.79 Å². The van der Waals surface area contributed by atoms with Gasteiger partial charge in [0.05, 0.1) is 25.3 Å². The van der Waals surface area contributed by atoms with Crippen molar-refractivity contribution in [2.45, 2.75) is 38.6 Å². The van der Waals surface area contributed by atoms with E-state index in [-0.39, 0.29) is 11.8 Å². The zero-order valence-corrected chi connectivity index (χ0v) is 22.9. The van der Waals surface area contributed by atoms with Gasteiger partial charge < -0.3 is 14.5 Å². The summed E-state index contributed by atoms with van der Waals surface area (Å²) in [5, 5.41) is 10.1. The van der Waals surface area contributed by atoms with Gasteiger partial charge >= 0.3 is 5.97 Å². The van der Waals surface area contributed by atoms with E-state index in [9.17, 15) is 14.9 Å².